The average molecular weight is 221 g/mol. The Morgan fingerprint density at radius 3 is 2.75 bits per heavy atom. The summed E-state index contributed by atoms with van der Waals surface area (Å²) in [4.78, 5) is 21.3. The lowest BCUT2D eigenvalue weighted by molar-refractivity contribution is -0.138. The fraction of sp³-hybridized carbons (Fsp3) is 0.545. The van der Waals surface area contributed by atoms with Crippen molar-refractivity contribution in [2.45, 2.75) is 31.7 Å². The third-order valence-corrected chi connectivity index (χ3v) is 2.85. The smallest absolute Gasteiger partial charge is 0.326 e. The van der Waals surface area contributed by atoms with Crippen LogP contribution in [0.15, 0.2) is 18.5 Å². The number of aromatic nitrogens is 2. The largest absolute Gasteiger partial charge is 0.480 e. The van der Waals surface area contributed by atoms with Gasteiger partial charge in [0.05, 0.1) is 0 Å². The van der Waals surface area contributed by atoms with Crippen molar-refractivity contribution in [3.63, 3.8) is 0 Å². The van der Waals surface area contributed by atoms with Gasteiger partial charge in [-0.25, -0.2) is 14.8 Å². The van der Waals surface area contributed by atoms with E-state index in [2.05, 4.69) is 9.97 Å². The lowest BCUT2D eigenvalue weighted by Gasteiger charge is -2.26. The normalized spacial score (nSPS) is 21.5. The molecule has 0 spiro atoms. The Morgan fingerprint density at radius 1 is 1.31 bits per heavy atom. The molecular formula is C11H15N3O2. The van der Waals surface area contributed by atoms with E-state index >= 15 is 0 Å². The zero-order chi connectivity index (χ0) is 11.4. The number of hydrogen-bond donors (Lipinski definition) is 1. The van der Waals surface area contributed by atoms with Crippen LogP contribution in [0.3, 0.4) is 0 Å². The van der Waals surface area contributed by atoms with E-state index in [0.717, 1.165) is 25.8 Å². The van der Waals surface area contributed by atoms with Crippen LogP contribution < -0.4 is 4.90 Å². The summed E-state index contributed by atoms with van der Waals surface area (Å²) in [6.45, 7) is 0.723. The maximum absolute atomic E-state index is 11.2. The summed E-state index contributed by atoms with van der Waals surface area (Å²) in [6, 6.07) is 1.25. The Kier molecular flexibility index (Phi) is 3.34. The molecule has 0 saturated carbocycles. The van der Waals surface area contributed by atoms with Gasteiger partial charge in [0.2, 0.25) is 5.95 Å². The minimum Gasteiger partial charge on any atom is -0.480 e. The van der Waals surface area contributed by atoms with Gasteiger partial charge in [0, 0.05) is 18.9 Å². The maximum Gasteiger partial charge on any atom is 0.326 e. The van der Waals surface area contributed by atoms with E-state index in [0.29, 0.717) is 12.4 Å². The second-order valence-corrected chi connectivity index (χ2v) is 3.95. The van der Waals surface area contributed by atoms with Gasteiger partial charge in [-0.05, 0) is 18.9 Å². The van der Waals surface area contributed by atoms with E-state index in [1.54, 1.807) is 23.4 Å². The van der Waals surface area contributed by atoms with Crippen molar-refractivity contribution in [1.29, 1.82) is 0 Å². The number of carbonyl (C=O) groups is 1. The third kappa shape index (κ3) is 2.29. The Bertz CT molecular complexity index is 356. The standard InChI is InChI=1S/C11H15N3O2/c15-10(16)9-5-2-1-3-8-14(9)11-12-6-4-7-13-11/h4,6-7,9H,1-3,5,8H2,(H,15,16). The van der Waals surface area contributed by atoms with E-state index in [1.807, 2.05) is 0 Å². The molecular weight excluding hydrogens is 206 g/mol. The maximum atomic E-state index is 11.2. The number of carboxylic acids is 1. The lowest BCUT2D eigenvalue weighted by Crippen LogP contribution is -2.41. The Morgan fingerprint density at radius 2 is 2.06 bits per heavy atom. The summed E-state index contributed by atoms with van der Waals surface area (Å²) in [6.07, 6.45) is 7.00. The van der Waals surface area contributed by atoms with Gasteiger partial charge in [0.15, 0.2) is 0 Å². The summed E-state index contributed by atoms with van der Waals surface area (Å²) < 4.78 is 0. The zero-order valence-corrected chi connectivity index (χ0v) is 9.04. The van der Waals surface area contributed by atoms with Crippen molar-refractivity contribution >= 4 is 11.9 Å². The minimum absolute atomic E-state index is 0.482. The van der Waals surface area contributed by atoms with E-state index in [4.69, 9.17) is 0 Å². The van der Waals surface area contributed by atoms with E-state index in [9.17, 15) is 9.90 Å². The van der Waals surface area contributed by atoms with Crippen LogP contribution in [0.4, 0.5) is 5.95 Å². The molecule has 1 atom stereocenters. The first-order chi connectivity index (χ1) is 7.79. The van der Waals surface area contributed by atoms with Gasteiger partial charge in [-0.1, -0.05) is 12.8 Å². The molecule has 1 N–H and O–H groups in total. The molecule has 5 heteroatoms. The quantitative estimate of drug-likeness (QED) is 0.815. The molecule has 16 heavy (non-hydrogen) atoms. The van der Waals surface area contributed by atoms with Gasteiger partial charge in [-0.15, -0.1) is 0 Å². The first-order valence-corrected chi connectivity index (χ1v) is 5.55. The summed E-state index contributed by atoms with van der Waals surface area (Å²) in [7, 11) is 0. The second kappa shape index (κ2) is 4.92. The van der Waals surface area contributed by atoms with Crippen LogP contribution in [0.5, 0.6) is 0 Å². The fourth-order valence-corrected chi connectivity index (χ4v) is 2.04. The highest BCUT2D eigenvalue weighted by Crippen LogP contribution is 2.20. The second-order valence-electron chi connectivity index (χ2n) is 3.95. The summed E-state index contributed by atoms with van der Waals surface area (Å²) >= 11 is 0. The van der Waals surface area contributed by atoms with E-state index < -0.39 is 12.0 Å². The molecule has 0 amide bonds. The molecule has 0 bridgehead atoms. The van der Waals surface area contributed by atoms with Crippen LogP contribution in [0.25, 0.3) is 0 Å². The molecule has 2 heterocycles. The van der Waals surface area contributed by atoms with Crippen molar-refractivity contribution < 1.29 is 9.90 Å². The van der Waals surface area contributed by atoms with Crippen LogP contribution in [-0.4, -0.2) is 33.6 Å². The molecule has 5 nitrogen and oxygen atoms in total. The predicted molar refractivity (Wildman–Crippen MR) is 59.3 cm³/mol. The highest BCUT2D eigenvalue weighted by Gasteiger charge is 2.28. The van der Waals surface area contributed by atoms with Gasteiger partial charge in [0.25, 0.3) is 0 Å². The molecule has 1 aromatic heterocycles. The van der Waals surface area contributed by atoms with Crippen LogP contribution >= 0.6 is 0 Å². The molecule has 0 aromatic carbocycles. The van der Waals surface area contributed by atoms with Crippen LogP contribution in [0.2, 0.25) is 0 Å². The van der Waals surface area contributed by atoms with Gasteiger partial charge >= 0.3 is 5.97 Å². The van der Waals surface area contributed by atoms with Crippen molar-refractivity contribution in [2.75, 3.05) is 11.4 Å². The molecule has 0 aliphatic carbocycles. The van der Waals surface area contributed by atoms with Crippen LogP contribution in [-0.2, 0) is 4.79 Å². The van der Waals surface area contributed by atoms with Gasteiger partial charge in [-0.2, -0.15) is 0 Å². The SMILES string of the molecule is O=C(O)C1CCCCCN1c1ncccn1. The molecule has 1 unspecified atom stereocenters. The van der Waals surface area contributed by atoms with Gasteiger partial charge in [-0.3, -0.25) is 0 Å². The zero-order valence-electron chi connectivity index (χ0n) is 9.04. The van der Waals surface area contributed by atoms with Crippen molar-refractivity contribution in [1.82, 2.24) is 9.97 Å². The molecule has 1 fully saturated rings. The van der Waals surface area contributed by atoms with Gasteiger partial charge < -0.3 is 10.0 Å². The highest BCUT2D eigenvalue weighted by molar-refractivity contribution is 5.77. The third-order valence-electron chi connectivity index (χ3n) is 2.85. The van der Waals surface area contributed by atoms with Crippen LogP contribution in [0, 0.1) is 0 Å². The number of carboxylic acid groups (broad SMARTS) is 1. The van der Waals surface area contributed by atoms with Crippen molar-refractivity contribution in [3.05, 3.63) is 18.5 Å². The fourth-order valence-electron chi connectivity index (χ4n) is 2.04. The average Bonchev–Trinajstić information content (AvgIpc) is 2.55. The first kappa shape index (κ1) is 10.9. The Hall–Kier alpha value is -1.65. The molecule has 2 rings (SSSR count). The number of hydrogen-bond acceptors (Lipinski definition) is 4. The van der Waals surface area contributed by atoms with Gasteiger partial charge in [0.1, 0.15) is 6.04 Å². The number of rotatable bonds is 2. The molecule has 1 aromatic rings. The summed E-state index contributed by atoms with van der Waals surface area (Å²) in [5, 5.41) is 9.20. The van der Waals surface area contributed by atoms with E-state index in [-0.39, 0.29) is 0 Å². The highest BCUT2D eigenvalue weighted by atomic mass is 16.4. The summed E-state index contributed by atoms with van der Waals surface area (Å²) in [5.74, 6) is -0.258. The minimum atomic E-state index is -0.783. The summed E-state index contributed by atoms with van der Waals surface area (Å²) in [5.41, 5.74) is 0. The predicted octanol–water partition coefficient (Wildman–Crippen LogP) is 1.31. The van der Waals surface area contributed by atoms with Crippen molar-refractivity contribution in [2.24, 2.45) is 0 Å². The Balaban J connectivity index is 2.24. The molecule has 0 radical (unpaired) electrons. The monoisotopic (exact) mass is 221 g/mol. The Labute approximate surface area is 94.1 Å². The molecule has 1 saturated heterocycles. The topological polar surface area (TPSA) is 66.3 Å². The van der Waals surface area contributed by atoms with Crippen LogP contribution in [0.1, 0.15) is 25.7 Å². The van der Waals surface area contributed by atoms with Crippen molar-refractivity contribution in [3.8, 4) is 0 Å². The number of nitrogens with zero attached hydrogens (tertiary/aromatic N) is 3. The van der Waals surface area contributed by atoms with E-state index in [1.165, 1.54) is 0 Å². The first-order valence-electron chi connectivity index (χ1n) is 5.55. The lowest BCUT2D eigenvalue weighted by atomic mass is 10.1. The number of anilines is 1. The number of aliphatic carboxylic acids is 1. The molecule has 86 valence electrons. The molecule has 1 aliphatic heterocycles. The molecule has 1 aliphatic rings.